The van der Waals surface area contributed by atoms with Crippen LogP contribution >= 0.6 is 0 Å². The second kappa shape index (κ2) is 6.05. The zero-order chi connectivity index (χ0) is 12.9. The van der Waals surface area contributed by atoms with Gasteiger partial charge in [0.25, 0.3) is 0 Å². The highest BCUT2D eigenvalue weighted by Crippen LogP contribution is 2.29. The molecular weight excluding hydrogens is 228 g/mol. The van der Waals surface area contributed by atoms with Crippen LogP contribution in [0.15, 0.2) is 18.2 Å². The maximum absolute atomic E-state index is 13.7. The molecule has 0 aromatic heterocycles. The van der Waals surface area contributed by atoms with Crippen molar-refractivity contribution in [2.24, 2.45) is 5.73 Å². The predicted molar refractivity (Wildman–Crippen MR) is 60.3 cm³/mol. The fourth-order valence-corrected chi connectivity index (χ4v) is 1.69. The van der Waals surface area contributed by atoms with E-state index in [0.29, 0.717) is 0 Å². The molecule has 0 aliphatic heterocycles. The molecule has 0 spiro atoms. The van der Waals surface area contributed by atoms with Crippen molar-refractivity contribution < 1.29 is 18.3 Å². The molecule has 0 saturated heterocycles. The van der Waals surface area contributed by atoms with Crippen LogP contribution in [0.4, 0.5) is 8.78 Å². The van der Waals surface area contributed by atoms with Crippen molar-refractivity contribution in [3.63, 3.8) is 0 Å². The first-order valence-electron chi connectivity index (χ1n) is 5.53. The third-order valence-corrected chi connectivity index (χ3v) is 2.39. The van der Waals surface area contributed by atoms with Gasteiger partial charge in [-0.3, -0.25) is 0 Å². The summed E-state index contributed by atoms with van der Waals surface area (Å²) < 4.78 is 37.7. The normalized spacial score (nSPS) is 11.8. The molecule has 1 aromatic carbocycles. The van der Waals surface area contributed by atoms with Gasteiger partial charge in [0.05, 0.1) is 12.1 Å². The van der Waals surface area contributed by atoms with Gasteiger partial charge in [0.1, 0.15) is 0 Å². The highest BCUT2D eigenvalue weighted by atomic mass is 19.2. The van der Waals surface area contributed by atoms with E-state index >= 15 is 0 Å². The van der Waals surface area contributed by atoms with Gasteiger partial charge in [-0.25, -0.2) is 8.78 Å². The second-order valence-corrected chi connectivity index (χ2v) is 3.42. The van der Waals surface area contributed by atoms with E-state index in [9.17, 15) is 8.78 Å². The molecule has 2 N–H and O–H groups in total. The van der Waals surface area contributed by atoms with Crippen LogP contribution in [0.1, 0.15) is 19.4 Å². The van der Waals surface area contributed by atoms with Gasteiger partial charge in [-0.05, 0) is 19.9 Å². The zero-order valence-corrected chi connectivity index (χ0v) is 10.0. The lowest BCUT2D eigenvalue weighted by molar-refractivity contribution is -0.237. The molecule has 0 atom stereocenters. The van der Waals surface area contributed by atoms with Crippen LogP contribution in [-0.2, 0) is 15.3 Å². The number of rotatable bonds is 6. The summed E-state index contributed by atoms with van der Waals surface area (Å²) in [5, 5.41) is 0. The molecule has 96 valence electrons. The Kier molecular flexibility index (Phi) is 4.99. The summed E-state index contributed by atoms with van der Waals surface area (Å²) in [6.45, 7) is 3.95. The van der Waals surface area contributed by atoms with Crippen molar-refractivity contribution in [2.45, 2.75) is 19.6 Å². The number of hydrogen-bond acceptors (Lipinski definition) is 3. The summed E-state index contributed by atoms with van der Waals surface area (Å²) >= 11 is 0. The molecule has 0 radical (unpaired) electrons. The zero-order valence-electron chi connectivity index (χ0n) is 10.0. The third kappa shape index (κ3) is 2.80. The van der Waals surface area contributed by atoms with Gasteiger partial charge in [0.2, 0.25) is 5.79 Å². The molecule has 17 heavy (non-hydrogen) atoms. The van der Waals surface area contributed by atoms with E-state index in [2.05, 4.69) is 0 Å². The van der Waals surface area contributed by atoms with Gasteiger partial charge in [0.15, 0.2) is 11.6 Å². The maximum Gasteiger partial charge on any atom is 0.210 e. The minimum absolute atomic E-state index is 0.0105. The first kappa shape index (κ1) is 14.0. The fraction of sp³-hybridized carbons (Fsp3) is 0.500. The lowest BCUT2D eigenvalue weighted by Gasteiger charge is -2.32. The van der Waals surface area contributed by atoms with Gasteiger partial charge in [-0.2, -0.15) is 0 Å². The summed E-state index contributed by atoms with van der Waals surface area (Å²) in [5.74, 6) is -3.35. The van der Waals surface area contributed by atoms with Crippen LogP contribution in [0.2, 0.25) is 0 Å². The van der Waals surface area contributed by atoms with E-state index in [-0.39, 0.29) is 25.3 Å². The van der Waals surface area contributed by atoms with Gasteiger partial charge < -0.3 is 15.2 Å². The molecule has 0 aliphatic rings. The van der Waals surface area contributed by atoms with Gasteiger partial charge in [0, 0.05) is 13.2 Å². The van der Waals surface area contributed by atoms with Crippen molar-refractivity contribution in [2.75, 3.05) is 19.8 Å². The lowest BCUT2D eigenvalue weighted by atomic mass is 10.0. The summed E-state index contributed by atoms with van der Waals surface area (Å²) in [4.78, 5) is 0. The van der Waals surface area contributed by atoms with Crippen LogP contribution < -0.4 is 5.73 Å². The Bertz CT molecular complexity index is 366. The molecule has 5 heteroatoms. The van der Waals surface area contributed by atoms with Crippen molar-refractivity contribution in [1.29, 1.82) is 0 Å². The maximum atomic E-state index is 13.7. The SMILES string of the molecule is CCOC(CN)(OCC)c1cccc(F)c1F. The van der Waals surface area contributed by atoms with Crippen molar-refractivity contribution in [1.82, 2.24) is 0 Å². The molecular formula is C12H17F2NO2. The van der Waals surface area contributed by atoms with Crippen molar-refractivity contribution in [3.05, 3.63) is 35.4 Å². The van der Waals surface area contributed by atoms with E-state index in [0.717, 1.165) is 6.07 Å². The quantitative estimate of drug-likeness (QED) is 0.781. The summed E-state index contributed by atoms with van der Waals surface area (Å²) in [7, 11) is 0. The summed E-state index contributed by atoms with van der Waals surface area (Å²) in [6, 6.07) is 3.85. The minimum atomic E-state index is -1.42. The van der Waals surface area contributed by atoms with Crippen LogP contribution in [0, 0.1) is 11.6 Å². The minimum Gasteiger partial charge on any atom is -0.345 e. The molecule has 0 saturated carbocycles. The van der Waals surface area contributed by atoms with E-state index < -0.39 is 17.4 Å². The third-order valence-electron chi connectivity index (χ3n) is 2.39. The highest BCUT2D eigenvalue weighted by molar-refractivity contribution is 5.24. The fourth-order valence-electron chi connectivity index (χ4n) is 1.69. The molecule has 1 rings (SSSR count). The lowest BCUT2D eigenvalue weighted by Crippen LogP contribution is -2.42. The molecule has 0 bridgehead atoms. The van der Waals surface area contributed by atoms with Crippen LogP contribution in [0.5, 0.6) is 0 Å². The first-order valence-corrected chi connectivity index (χ1v) is 5.53. The number of hydrogen-bond donors (Lipinski definition) is 1. The Morgan fingerprint density at radius 2 is 1.76 bits per heavy atom. The Balaban J connectivity index is 3.24. The molecule has 0 unspecified atom stereocenters. The largest absolute Gasteiger partial charge is 0.345 e. The van der Waals surface area contributed by atoms with Crippen LogP contribution in [0.25, 0.3) is 0 Å². The first-order chi connectivity index (χ1) is 8.11. The summed E-state index contributed by atoms with van der Waals surface area (Å²) in [6.07, 6.45) is 0. The smallest absolute Gasteiger partial charge is 0.210 e. The van der Waals surface area contributed by atoms with Crippen LogP contribution in [-0.4, -0.2) is 19.8 Å². The predicted octanol–water partition coefficient (Wildman–Crippen LogP) is 2.15. The van der Waals surface area contributed by atoms with Crippen LogP contribution in [0.3, 0.4) is 0 Å². The van der Waals surface area contributed by atoms with Crippen molar-refractivity contribution in [3.8, 4) is 0 Å². The van der Waals surface area contributed by atoms with Gasteiger partial charge in [-0.1, -0.05) is 12.1 Å². The topological polar surface area (TPSA) is 44.5 Å². The molecule has 0 fully saturated rings. The number of ether oxygens (including phenoxy) is 2. The number of benzene rings is 1. The monoisotopic (exact) mass is 245 g/mol. The Labute approximate surface area is 99.5 Å². The Hall–Kier alpha value is -1.04. The Morgan fingerprint density at radius 1 is 1.18 bits per heavy atom. The van der Waals surface area contributed by atoms with E-state index in [1.807, 2.05) is 0 Å². The second-order valence-electron chi connectivity index (χ2n) is 3.42. The van der Waals surface area contributed by atoms with E-state index in [1.165, 1.54) is 12.1 Å². The molecule has 0 aliphatic carbocycles. The molecule has 1 aromatic rings. The molecule has 0 amide bonds. The van der Waals surface area contributed by atoms with Gasteiger partial charge >= 0.3 is 0 Å². The van der Waals surface area contributed by atoms with Crippen molar-refractivity contribution >= 4 is 0 Å². The average Bonchev–Trinajstić information content (AvgIpc) is 2.32. The average molecular weight is 245 g/mol. The van der Waals surface area contributed by atoms with Gasteiger partial charge in [-0.15, -0.1) is 0 Å². The molecule has 3 nitrogen and oxygen atoms in total. The van der Waals surface area contributed by atoms with E-state index in [4.69, 9.17) is 15.2 Å². The highest BCUT2D eigenvalue weighted by Gasteiger charge is 2.36. The number of nitrogens with two attached hydrogens (primary N) is 1. The Morgan fingerprint density at radius 3 is 2.24 bits per heavy atom. The number of halogens is 2. The van der Waals surface area contributed by atoms with E-state index in [1.54, 1.807) is 13.8 Å². The summed E-state index contributed by atoms with van der Waals surface area (Å²) in [5.41, 5.74) is 5.58. The molecule has 0 heterocycles. The standard InChI is InChI=1S/C12H17F2NO2/c1-3-16-12(8-15,17-4-2)9-6-5-7-10(13)11(9)14/h5-7H,3-4,8,15H2,1-2H3.